The number of hydrogen-bond donors (Lipinski definition) is 2. The summed E-state index contributed by atoms with van der Waals surface area (Å²) in [6, 6.07) is 22.5. The molecule has 1 atom stereocenters. The van der Waals surface area contributed by atoms with Crippen LogP contribution in [0.2, 0.25) is 0 Å². The van der Waals surface area contributed by atoms with Gasteiger partial charge in [0.25, 0.3) is 0 Å². The van der Waals surface area contributed by atoms with E-state index >= 15 is 0 Å². The monoisotopic (exact) mass is 354 g/mol. The minimum Gasteiger partial charge on any atom is -0.389 e. The van der Waals surface area contributed by atoms with Crippen molar-refractivity contribution in [1.29, 1.82) is 0 Å². The van der Waals surface area contributed by atoms with Crippen LogP contribution in [-0.4, -0.2) is 15.1 Å². The van der Waals surface area contributed by atoms with Crippen LogP contribution in [0.15, 0.2) is 66.7 Å². The maximum atomic E-state index is 10.1. The Morgan fingerprint density at radius 2 is 1.81 bits per heavy atom. The van der Waals surface area contributed by atoms with E-state index in [0.29, 0.717) is 0 Å². The largest absolute Gasteiger partial charge is 0.389 e. The Balaban J connectivity index is 1.68. The van der Waals surface area contributed by atoms with Gasteiger partial charge in [-0.1, -0.05) is 66.2 Å². The minimum atomic E-state index is -0.508. The standard InChI is InChI=1S/C24H22N2O/c1-16-6-5-7-18(14-16)10-13-24-25-22-12-11-19(15-23(22)26-24)21-9-4-3-8-20(21)17(2)27/h3-15,17,27H,1-2H3,(H,25,26)/b13-10+. The van der Waals surface area contributed by atoms with Crippen molar-refractivity contribution in [1.82, 2.24) is 9.97 Å². The van der Waals surface area contributed by atoms with Crippen molar-refractivity contribution in [2.24, 2.45) is 0 Å². The van der Waals surface area contributed by atoms with Gasteiger partial charge in [-0.05, 0) is 54.3 Å². The third kappa shape index (κ3) is 3.69. The number of aromatic amines is 1. The number of aryl methyl sites for hydroxylation is 1. The van der Waals surface area contributed by atoms with E-state index in [1.807, 2.05) is 36.4 Å². The van der Waals surface area contributed by atoms with Gasteiger partial charge in [0.2, 0.25) is 0 Å². The predicted octanol–water partition coefficient (Wildman–Crippen LogP) is 5.76. The van der Waals surface area contributed by atoms with Gasteiger partial charge >= 0.3 is 0 Å². The van der Waals surface area contributed by atoms with Crippen molar-refractivity contribution in [3.05, 3.63) is 89.2 Å². The fourth-order valence-electron chi connectivity index (χ4n) is 3.35. The molecule has 0 fully saturated rings. The van der Waals surface area contributed by atoms with E-state index < -0.39 is 6.10 Å². The molecule has 3 aromatic carbocycles. The fraction of sp³-hybridized carbons (Fsp3) is 0.125. The number of aromatic nitrogens is 2. The lowest BCUT2D eigenvalue weighted by molar-refractivity contribution is 0.200. The number of rotatable bonds is 4. The molecule has 1 unspecified atom stereocenters. The van der Waals surface area contributed by atoms with Crippen LogP contribution in [0.1, 0.15) is 35.5 Å². The number of aliphatic hydroxyl groups excluding tert-OH is 1. The second kappa shape index (κ2) is 7.22. The molecule has 1 heterocycles. The maximum absolute atomic E-state index is 10.1. The zero-order valence-corrected chi connectivity index (χ0v) is 15.5. The van der Waals surface area contributed by atoms with Crippen molar-refractivity contribution in [3.63, 3.8) is 0 Å². The number of hydrogen-bond acceptors (Lipinski definition) is 2. The molecule has 4 aromatic rings. The average molecular weight is 354 g/mol. The predicted molar refractivity (Wildman–Crippen MR) is 112 cm³/mol. The van der Waals surface area contributed by atoms with E-state index in [0.717, 1.165) is 39.1 Å². The lowest BCUT2D eigenvalue weighted by Crippen LogP contribution is -1.94. The van der Waals surface area contributed by atoms with E-state index in [2.05, 4.69) is 59.4 Å². The number of imidazole rings is 1. The quantitative estimate of drug-likeness (QED) is 0.489. The van der Waals surface area contributed by atoms with Gasteiger partial charge in [0.05, 0.1) is 17.1 Å². The van der Waals surface area contributed by atoms with Crippen LogP contribution >= 0.6 is 0 Å². The van der Waals surface area contributed by atoms with Gasteiger partial charge < -0.3 is 10.1 Å². The number of nitrogens with zero attached hydrogens (tertiary/aromatic N) is 1. The lowest BCUT2D eigenvalue weighted by atomic mass is 9.96. The van der Waals surface area contributed by atoms with Crippen LogP contribution in [0.3, 0.4) is 0 Å². The molecular formula is C24H22N2O. The number of benzene rings is 3. The molecule has 4 rings (SSSR count). The molecule has 0 amide bonds. The summed E-state index contributed by atoms with van der Waals surface area (Å²) in [4.78, 5) is 8.03. The molecule has 27 heavy (non-hydrogen) atoms. The molecule has 134 valence electrons. The first kappa shape index (κ1) is 17.3. The van der Waals surface area contributed by atoms with Gasteiger partial charge in [0.1, 0.15) is 5.82 Å². The first-order valence-electron chi connectivity index (χ1n) is 9.12. The molecule has 2 N–H and O–H groups in total. The minimum absolute atomic E-state index is 0.508. The van der Waals surface area contributed by atoms with Crippen LogP contribution in [0.25, 0.3) is 34.3 Å². The number of fused-ring (bicyclic) bond motifs is 1. The third-order valence-electron chi connectivity index (χ3n) is 4.70. The summed E-state index contributed by atoms with van der Waals surface area (Å²) in [5, 5.41) is 10.1. The Kier molecular flexibility index (Phi) is 4.61. The highest BCUT2D eigenvalue weighted by atomic mass is 16.3. The molecule has 0 spiro atoms. The Bertz CT molecular complexity index is 1120. The second-order valence-corrected chi connectivity index (χ2v) is 6.86. The van der Waals surface area contributed by atoms with Gasteiger partial charge in [0.15, 0.2) is 0 Å². The third-order valence-corrected chi connectivity index (χ3v) is 4.70. The summed E-state index contributed by atoms with van der Waals surface area (Å²) in [5.74, 6) is 0.826. The van der Waals surface area contributed by atoms with Crippen molar-refractivity contribution in [2.45, 2.75) is 20.0 Å². The highest BCUT2D eigenvalue weighted by Crippen LogP contribution is 2.30. The molecule has 1 aromatic heterocycles. The summed E-state index contributed by atoms with van der Waals surface area (Å²) in [6.45, 7) is 3.88. The fourth-order valence-corrected chi connectivity index (χ4v) is 3.35. The number of aliphatic hydroxyl groups is 1. The van der Waals surface area contributed by atoms with Gasteiger partial charge in [-0.2, -0.15) is 0 Å². The Hall–Kier alpha value is -3.17. The van der Waals surface area contributed by atoms with E-state index in [9.17, 15) is 5.11 Å². The zero-order valence-electron chi connectivity index (χ0n) is 15.5. The summed E-state index contributed by atoms with van der Waals surface area (Å²) in [6.07, 6.45) is 3.55. The molecule has 0 aliphatic rings. The van der Waals surface area contributed by atoms with Crippen LogP contribution in [0.5, 0.6) is 0 Å². The maximum Gasteiger partial charge on any atom is 0.131 e. The molecule has 0 saturated heterocycles. The van der Waals surface area contributed by atoms with E-state index in [4.69, 9.17) is 0 Å². The van der Waals surface area contributed by atoms with Crippen LogP contribution in [-0.2, 0) is 0 Å². The van der Waals surface area contributed by atoms with E-state index in [-0.39, 0.29) is 0 Å². The van der Waals surface area contributed by atoms with Crippen molar-refractivity contribution >= 4 is 23.2 Å². The van der Waals surface area contributed by atoms with Crippen LogP contribution < -0.4 is 0 Å². The number of H-pyrrole nitrogens is 1. The Labute approximate surface area is 159 Å². The Morgan fingerprint density at radius 3 is 2.63 bits per heavy atom. The summed E-state index contributed by atoms with van der Waals surface area (Å²) >= 11 is 0. The SMILES string of the molecule is Cc1cccc(/C=C/c2nc3ccc(-c4ccccc4C(C)O)cc3[nH]2)c1. The highest BCUT2D eigenvalue weighted by molar-refractivity contribution is 5.84. The van der Waals surface area contributed by atoms with Crippen molar-refractivity contribution < 1.29 is 5.11 Å². The molecule has 3 heteroatoms. The van der Waals surface area contributed by atoms with Crippen LogP contribution in [0, 0.1) is 6.92 Å². The van der Waals surface area contributed by atoms with Crippen molar-refractivity contribution in [2.75, 3.05) is 0 Å². The molecule has 0 aliphatic heterocycles. The molecule has 0 bridgehead atoms. The Morgan fingerprint density at radius 1 is 0.963 bits per heavy atom. The summed E-state index contributed by atoms with van der Waals surface area (Å²) < 4.78 is 0. The van der Waals surface area contributed by atoms with Gasteiger partial charge in [-0.3, -0.25) is 0 Å². The van der Waals surface area contributed by atoms with Crippen LogP contribution in [0.4, 0.5) is 0 Å². The normalized spacial score (nSPS) is 12.7. The molecule has 0 aliphatic carbocycles. The summed E-state index contributed by atoms with van der Waals surface area (Å²) in [7, 11) is 0. The van der Waals surface area contributed by atoms with Gasteiger partial charge in [-0.15, -0.1) is 0 Å². The molecule has 0 saturated carbocycles. The molecular weight excluding hydrogens is 332 g/mol. The first-order chi connectivity index (χ1) is 13.1. The van der Waals surface area contributed by atoms with E-state index in [1.54, 1.807) is 6.92 Å². The second-order valence-electron chi connectivity index (χ2n) is 6.86. The lowest BCUT2D eigenvalue weighted by Gasteiger charge is -2.11. The summed E-state index contributed by atoms with van der Waals surface area (Å²) in [5.41, 5.74) is 7.34. The first-order valence-corrected chi connectivity index (χ1v) is 9.12. The number of nitrogens with one attached hydrogen (secondary N) is 1. The van der Waals surface area contributed by atoms with Gasteiger partial charge in [-0.25, -0.2) is 4.98 Å². The average Bonchev–Trinajstić information content (AvgIpc) is 3.08. The topological polar surface area (TPSA) is 48.9 Å². The van der Waals surface area contributed by atoms with E-state index in [1.165, 1.54) is 5.56 Å². The van der Waals surface area contributed by atoms with Gasteiger partial charge in [0, 0.05) is 0 Å². The highest BCUT2D eigenvalue weighted by Gasteiger charge is 2.10. The smallest absolute Gasteiger partial charge is 0.131 e. The van der Waals surface area contributed by atoms with Crippen molar-refractivity contribution in [3.8, 4) is 11.1 Å². The zero-order chi connectivity index (χ0) is 18.8. The molecule has 3 nitrogen and oxygen atoms in total. The molecule has 0 radical (unpaired) electrons.